The molecule has 0 radical (unpaired) electrons. The number of aromatic nitrogens is 3. The van der Waals surface area contributed by atoms with Crippen LogP contribution in [0.25, 0.3) is 16.9 Å². The molecule has 3 heterocycles. The Morgan fingerprint density at radius 2 is 1.93 bits per heavy atom. The number of benzene rings is 1. The van der Waals surface area contributed by atoms with E-state index in [-0.39, 0.29) is 6.04 Å². The number of anilines is 1. The van der Waals surface area contributed by atoms with Crippen LogP contribution in [0.5, 0.6) is 0 Å². The van der Waals surface area contributed by atoms with Crippen molar-refractivity contribution >= 4 is 11.5 Å². The van der Waals surface area contributed by atoms with E-state index in [9.17, 15) is 5.11 Å². The SMILES string of the molecule is CCCCNc1ccc2ncc(-c3ccc(C(O)N4CCC(N)CC4)cc3)n2n1. The fourth-order valence-electron chi connectivity index (χ4n) is 3.76. The summed E-state index contributed by atoms with van der Waals surface area (Å²) >= 11 is 0. The molecule has 4 rings (SSSR count). The molecule has 0 aliphatic carbocycles. The van der Waals surface area contributed by atoms with E-state index in [1.807, 2.05) is 47.1 Å². The van der Waals surface area contributed by atoms with Crippen molar-refractivity contribution in [3.05, 3.63) is 48.2 Å². The second kappa shape index (κ2) is 8.90. The first kappa shape index (κ1) is 19.8. The number of rotatable bonds is 7. The number of unbranched alkanes of at least 4 members (excludes halogenated alkanes) is 1. The summed E-state index contributed by atoms with van der Waals surface area (Å²) in [5.41, 5.74) is 9.64. The van der Waals surface area contributed by atoms with Crippen molar-refractivity contribution in [3.8, 4) is 11.3 Å². The molecular formula is C22H30N6O. The third-order valence-electron chi connectivity index (χ3n) is 5.62. The van der Waals surface area contributed by atoms with E-state index in [4.69, 9.17) is 10.8 Å². The van der Waals surface area contributed by atoms with Gasteiger partial charge in [0.2, 0.25) is 0 Å². The molecule has 0 spiro atoms. The smallest absolute Gasteiger partial charge is 0.154 e. The number of aliphatic hydroxyl groups is 1. The summed E-state index contributed by atoms with van der Waals surface area (Å²) in [6.45, 7) is 4.74. The first-order chi connectivity index (χ1) is 14.2. The third-order valence-corrected chi connectivity index (χ3v) is 5.62. The fourth-order valence-corrected chi connectivity index (χ4v) is 3.76. The van der Waals surface area contributed by atoms with E-state index in [1.165, 1.54) is 0 Å². The monoisotopic (exact) mass is 394 g/mol. The predicted molar refractivity (Wildman–Crippen MR) is 116 cm³/mol. The highest BCUT2D eigenvalue weighted by atomic mass is 16.3. The minimum absolute atomic E-state index is 0.254. The number of nitrogens with one attached hydrogen (secondary N) is 1. The van der Waals surface area contributed by atoms with Crippen LogP contribution in [0.1, 0.15) is 44.4 Å². The van der Waals surface area contributed by atoms with Crippen molar-refractivity contribution in [1.82, 2.24) is 19.5 Å². The van der Waals surface area contributed by atoms with Gasteiger partial charge in [0, 0.05) is 31.2 Å². The van der Waals surface area contributed by atoms with Crippen molar-refractivity contribution in [2.45, 2.75) is 44.9 Å². The number of nitrogens with two attached hydrogens (primary N) is 1. The number of hydrogen-bond acceptors (Lipinski definition) is 6. The summed E-state index contributed by atoms with van der Waals surface area (Å²) in [6.07, 6.45) is 5.37. The zero-order valence-electron chi connectivity index (χ0n) is 17.0. The summed E-state index contributed by atoms with van der Waals surface area (Å²) in [5, 5.41) is 18.8. The van der Waals surface area contributed by atoms with Crippen LogP contribution in [0.15, 0.2) is 42.6 Å². The Morgan fingerprint density at radius 1 is 1.17 bits per heavy atom. The van der Waals surface area contributed by atoms with E-state index >= 15 is 0 Å². The lowest BCUT2D eigenvalue weighted by Gasteiger charge is -2.33. The maximum absolute atomic E-state index is 10.7. The summed E-state index contributed by atoms with van der Waals surface area (Å²) in [5.74, 6) is 0.848. The first-order valence-corrected chi connectivity index (χ1v) is 10.5. The number of likely N-dealkylation sites (tertiary alicyclic amines) is 1. The maximum atomic E-state index is 10.7. The molecule has 7 nitrogen and oxygen atoms in total. The molecule has 7 heteroatoms. The molecule has 154 valence electrons. The molecule has 4 N–H and O–H groups in total. The van der Waals surface area contributed by atoms with Gasteiger partial charge in [0.1, 0.15) is 12.0 Å². The van der Waals surface area contributed by atoms with Crippen LogP contribution in [0, 0.1) is 0 Å². The molecule has 0 amide bonds. The normalized spacial score (nSPS) is 16.9. The average Bonchev–Trinajstić information content (AvgIpc) is 3.17. The minimum atomic E-state index is -0.591. The van der Waals surface area contributed by atoms with Crippen LogP contribution in [-0.4, -0.2) is 50.3 Å². The summed E-state index contributed by atoms with van der Waals surface area (Å²) in [4.78, 5) is 6.56. The number of aliphatic hydroxyl groups excluding tert-OH is 1. The Bertz CT molecular complexity index is 930. The molecule has 29 heavy (non-hydrogen) atoms. The maximum Gasteiger partial charge on any atom is 0.154 e. The van der Waals surface area contributed by atoms with E-state index in [0.717, 1.165) is 73.6 Å². The second-order valence-corrected chi connectivity index (χ2v) is 7.78. The second-order valence-electron chi connectivity index (χ2n) is 7.78. The number of nitrogens with zero attached hydrogens (tertiary/aromatic N) is 4. The van der Waals surface area contributed by atoms with Crippen molar-refractivity contribution in [2.24, 2.45) is 5.73 Å². The van der Waals surface area contributed by atoms with Gasteiger partial charge in [-0.3, -0.25) is 4.90 Å². The van der Waals surface area contributed by atoms with Gasteiger partial charge in [-0.25, -0.2) is 9.50 Å². The third kappa shape index (κ3) is 4.42. The Hall–Kier alpha value is -2.48. The van der Waals surface area contributed by atoms with Crippen molar-refractivity contribution < 1.29 is 5.11 Å². The minimum Gasteiger partial charge on any atom is -0.374 e. The standard InChI is InChI=1S/C22H30N6O/c1-2-3-12-24-20-8-9-21-25-15-19(28(21)26-20)16-4-6-17(7-5-16)22(29)27-13-10-18(23)11-14-27/h4-9,15,18,22,29H,2-3,10-14,23H2,1H3,(H,24,26). The number of fused-ring (bicyclic) bond motifs is 1. The highest BCUT2D eigenvalue weighted by molar-refractivity contribution is 5.64. The lowest BCUT2D eigenvalue weighted by molar-refractivity contribution is -0.0126. The van der Waals surface area contributed by atoms with Crippen LogP contribution < -0.4 is 11.1 Å². The van der Waals surface area contributed by atoms with Crippen LogP contribution in [-0.2, 0) is 0 Å². The van der Waals surface area contributed by atoms with Gasteiger partial charge in [-0.15, -0.1) is 5.10 Å². The van der Waals surface area contributed by atoms with E-state index < -0.39 is 6.23 Å². The summed E-state index contributed by atoms with van der Waals surface area (Å²) in [6, 6.07) is 12.2. The van der Waals surface area contributed by atoms with Gasteiger partial charge in [-0.05, 0) is 37.0 Å². The predicted octanol–water partition coefficient (Wildman–Crippen LogP) is 3.02. The molecule has 3 aromatic rings. The first-order valence-electron chi connectivity index (χ1n) is 10.5. The zero-order chi connectivity index (χ0) is 20.2. The van der Waals surface area contributed by atoms with Gasteiger partial charge in [0.25, 0.3) is 0 Å². The Balaban J connectivity index is 1.52. The highest BCUT2D eigenvalue weighted by Crippen LogP contribution is 2.26. The molecule has 1 aromatic carbocycles. The van der Waals surface area contributed by atoms with Gasteiger partial charge < -0.3 is 16.2 Å². The highest BCUT2D eigenvalue weighted by Gasteiger charge is 2.23. The van der Waals surface area contributed by atoms with Crippen LogP contribution in [0.2, 0.25) is 0 Å². The van der Waals surface area contributed by atoms with Gasteiger partial charge in [0.15, 0.2) is 5.65 Å². The lowest BCUT2D eigenvalue weighted by Crippen LogP contribution is -2.41. The Morgan fingerprint density at radius 3 is 2.66 bits per heavy atom. The van der Waals surface area contributed by atoms with Gasteiger partial charge in [-0.1, -0.05) is 37.6 Å². The topological polar surface area (TPSA) is 91.7 Å². The van der Waals surface area contributed by atoms with E-state index in [2.05, 4.69) is 22.1 Å². The summed E-state index contributed by atoms with van der Waals surface area (Å²) in [7, 11) is 0. The van der Waals surface area contributed by atoms with Crippen LogP contribution in [0.4, 0.5) is 5.82 Å². The molecule has 1 unspecified atom stereocenters. The average molecular weight is 395 g/mol. The molecule has 1 fully saturated rings. The van der Waals surface area contributed by atoms with Gasteiger partial charge >= 0.3 is 0 Å². The number of hydrogen-bond donors (Lipinski definition) is 3. The van der Waals surface area contributed by atoms with E-state index in [0.29, 0.717) is 0 Å². The Labute approximate surface area is 171 Å². The molecule has 0 saturated carbocycles. The number of piperidine rings is 1. The molecule has 1 atom stereocenters. The van der Waals surface area contributed by atoms with Gasteiger partial charge in [0.05, 0.1) is 11.9 Å². The zero-order valence-corrected chi connectivity index (χ0v) is 17.0. The fraction of sp³-hybridized carbons (Fsp3) is 0.455. The number of imidazole rings is 1. The van der Waals surface area contributed by atoms with E-state index in [1.54, 1.807) is 0 Å². The van der Waals surface area contributed by atoms with Gasteiger partial charge in [-0.2, -0.15) is 0 Å². The molecule has 2 aromatic heterocycles. The van der Waals surface area contributed by atoms with Crippen LogP contribution in [0.3, 0.4) is 0 Å². The molecule has 1 aliphatic heterocycles. The Kier molecular flexibility index (Phi) is 6.08. The van der Waals surface area contributed by atoms with Crippen molar-refractivity contribution in [1.29, 1.82) is 0 Å². The van der Waals surface area contributed by atoms with Crippen molar-refractivity contribution in [2.75, 3.05) is 25.0 Å². The quantitative estimate of drug-likeness (QED) is 0.534. The van der Waals surface area contributed by atoms with Crippen LogP contribution >= 0.6 is 0 Å². The largest absolute Gasteiger partial charge is 0.374 e. The summed E-state index contributed by atoms with van der Waals surface area (Å²) < 4.78 is 1.87. The molecule has 1 saturated heterocycles. The molecular weight excluding hydrogens is 364 g/mol. The molecule has 1 aliphatic rings. The lowest BCUT2D eigenvalue weighted by atomic mass is 10.0. The van der Waals surface area contributed by atoms with Crippen molar-refractivity contribution in [3.63, 3.8) is 0 Å². The molecule has 0 bridgehead atoms.